The summed E-state index contributed by atoms with van der Waals surface area (Å²) >= 11 is 3.43. The zero-order chi connectivity index (χ0) is 36.0. The van der Waals surface area contributed by atoms with Gasteiger partial charge in [0.1, 0.15) is 22.7 Å². The molecule has 11 nitrogen and oxygen atoms in total. The standard InChI is InChI=1S/C39H46BrN7O4/c1-23-10-7-6-8-13-45(4)22-39-17-31(32(49)16-28-11-9-12-34(40)43-28)47(33(39)18-39)35(50)21-46-37-29(36(44-46)24(2)48)14-26(15-30(37)38(23)51-5)27-19-41-25(3)42-20-27/h9,11-12,14-15,19-20,23,31,33,38H,6-8,10,13,16-18,21-22H2,1-5H3/t23?,31-,33+,38?,39-/m0/s1. The molecule has 2 fully saturated rings. The molecule has 5 atom stereocenters. The third-order valence-electron chi connectivity index (χ3n) is 11.2. The zero-order valence-corrected chi connectivity index (χ0v) is 31.6. The molecule has 0 spiro atoms. The monoisotopic (exact) mass is 755 g/mol. The van der Waals surface area contributed by atoms with Crippen LogP contribution in [0.1, 0.15) is 86.0 Å². The fourth-order valence-corrected chi connectivity index (χ4v) is 9.03. The van der Waals surface area contributed by atoms with E-state index >= 15 is 0 Å². The number of halogens is 1. The number of carbonyl (C=O) groups is 3. The maximum Gasteiger partial charge on any atom is 0.245 e. The lowest BCUT2D eigenvalue weighted by Gasteiger charge is -2.28. The van der Waals surface area contributed by atoms with E-state index in [9.17, 15) is 14.4 Å². The number of benzene rings is 1. The number of pyridine rings is 1. The van der Waals surface area contributed by atoms with E-state index < -0.39 is 6.04 Å². The van der Waals surface area contributed by atoms with E-state index in [0.717, 1.165) is 61.9 Å². The molecule has 4 aromatic rings. The molecule has 0 N–H and O–H groups in total. The maximum atomic E-state index is 14.7. The Morgan fingerprint density at radius 1 is 1.08 bits per heavy atom. The van der Waals surface area contributed by atoms with Gasteiger partial charge in [-0.05, 0) is 97.9 Å². The van der Waals surface area contributed by atoms with Crippen LogP contribution in [0, 0.1) is 18.3 Å². The van der Waals surface area contributed by atoms with Crippen LogP contribution in [0.25, 0.3) is 22.0 Å². The smallest absolute Gasteiger partial charge is 0.245 e. The number of hydrogen-bond donors (Lipinski definition) is 0. The predicted molar refractivity (Wildman–Crippen MR) is 197 cm³/mol. The van der Waals surface area contributed by atoms with Crippen molar-refractivity contribution < 1.29 is 19.1 Å². The number of Topliss-reactive ketones (excluding diaryl/α,β-unsaturated/α-hetero) is 2. The highest BCUT2D eigenvalue weighted by Crippen LogP contribution is 2.60. The van der Waals surface area contributed by atoms with Gasteiger partial charge in [-0.1, -0.05) is 25.8 Å². The number of aryl methyl sites for hydroxylation is 1. The van der Waals surface area contributed by atoms with E-state index in [2.05, 4.69) is 55.8 Å². The number of amides is 1. The first-order chi connectivity index (χ1) is 24.5. The summed E-state index contributed by atoms with van der Waals surface area (Å²) in [5.41, 5.74) is 4.08. The number of hydrogen-bond acceptors (Lipinski definition) is 9. The van der Waals surface area contributed by atoms with Crippen molar-refractivity contribution in [1.82, 2.24) is 34.5 Å². The Balaban J connectivity index is 1.34. The molecule has 7 rings (SSSR count). The number of aromatic nitrogens is 5. The van der Waals surface area contributed by atoms with E-state index in [1.807, 2.05) is 36.1 Å². The second-order valence-corrected chi connectivity index (χ2v) is 15.8. The molecule has 1 aromatic carbocycles. The van der Waals surface area contributed by atoms with Crippen molar-refractivity contribution in [2.24, 2.45) is 11.3 Å². The average molecular weight is 757 g/mol. The quantitative estimate of drug-likeness (QED) is 0.168. The van der Waals surface area contributed by atoms with E-state index in [-0.39, 0.29) is 53.9 Å². The summed E-state index contributed by atoms with van der Waals surface area (Å²) in [6, 6.07) is 9.01. The van der Waals surface area contributed by atoms with Crippen LogP contribution in [-0.2, 0) is 27.3 Å². The third-order valence-corrected chi connectivity index (χ3v) is 11.6. The number of piperidine rings is 1. The van der Waals surface area contributed by atoms with Gasteiger partial charge in [0.15, 0.2) is 11.6 Å². The highest BCUT2D eigenvalue weighted by Gasteiger charge is 2.67. The van der Waals surface area contributed by atoms with Crippen molar-refractivity contribution in [2.75, 3.05) is 27.2 Å². The highest BCUT2D eigenvalue weighted by molar-refractivity contribution is 9.10. The normalized spacial score (nSPS) is 25.8. The zero-order valence-electron chi connectivity index (χ0n) is 30.1. The summed E-state index contributed by atoms with van der Waals surface area (Å²) in [6.07, 6.45) is 9.09. The summed E-state index contributed by atoms with van der Waals surface area (Å²) in [5, 5.41) is 5.49. The van der Waals surface area contributed by atoms with Crippen LogP contribution in [-0.4, -0.2) is 91.3 Å². The average Bonchev–Trinajstić information content (AvgIpc) is 3.48. The molecule has 3 aliphatic rings. The molecule has 1 aliphatic carbocycles. The van der Waals surface area contributed by atoms with Crippen LogP contribution in [0.2, 0.25) is 0 Å². The third kappa shape index (κ3) is 7.02. The molecule has 12 heteroatoms. The van der Waals surface area contributed by atoms with Crippen LogP contribution < -0.4 is 0 Å². The van der Waals surface area contributed by atoms with Gasteiger partial charge in [-0.15, -0.1) is 0 Å². The topological polar surface area (TPSA) is 123 Å². The Labute approximate surface area is 307 Å². The SMILES string of the molecule is COC1c2cc(-c3cnc(C)nc3)cc3c(C(C)=O)nn(c23)CC(=O)N2[C@H](C(=O)Cc3cccc(Br)n3)C[C@]3(C[C@@H]23)CN(C)CCCCCC1C. The van der Waals surface area contributed by atoms with Gasteiger partial charge in [0.05, 0.1) is 24.1 Å². The van der Waals surface area contributed by atoms with Crippen molar-refractivity contribution in [3.63, 3.8) is 0 Å². The number of carbonyl (C=O) groups excluding carboxylic acids is 3. The predicted octanol–water partition coefficient (Wildman–Crippen LogP) is 6.16. The molecule has 268 valence electrons. The molecule has 2 aliphatic heterocycles. The second kappa shape index (κ2) is 14.3. The van der Waals surface area contributed by atoms with Crippen molar-refractivity contribution in [1.29, 1.82) is 0 Å². The highest BCUT2D eigenvalue weighted by atomic mass is 79.9. The molecule has 1 amide bonds. The minimum atomic E-state index is -0.558. The molecule has 2 unspecified atom stereocenters. The van der Waals surface area contributed by atoms with E-state index in [1.165, 1.54) is 6.92 Å². The first-order valence-corrected chi connectivity index (χ1v) is 18.8. The lowest BCUT2D eigenvalue weighted by atomic mass is 9.89. The van der Waals surface area contributed by atoms with E-state index in [1.54, 1.807) is 24.2 Å². The Hall–Kier alpha value is -3.87. The fraction of sp³-hybridized carbons (Fsp3) is 0.513. The van der Waals surface area contributed by atoms with Crippen molar-refractivity contribution in [2.45, 2.75) is 90.4 Å². The Morgan fingerprint density at radius 2 is 1.86 bits per heavy atom. The molecule has 1 saturated carbocycles. The van der Waals surface area contributed by atoms with Crippen molar-refractivity contribution in [3.8, 4) is 11.1 Å². The van der Waals surface area contributed by atoms with Crippen LogP contribution >= 0.6 is 15.9 Å². The first kappa shape index (κ1) is 35.5. The van der Waals surface area contributed by atoms with E-state index in [4.69, 9.17) is 9.84 Å². The van der Waals surface area contributed by atoms with Gasteiger partial charge in [-0.3, -0.25) is 19.1 Å². The largest absolute Gasteiger partial charge is 0.376 e. The van der Waals surface area contributed by atoms with Crippen LogP contribution in [0.4, 0.5) is 0 Å². The number of nitrogens with zero attached hydrogens (tertiary/aromatic N) is 7. The number of ether oxygens (including phenoxy) is 1. The molecule has 5 heterocycles. The number of methoxy groups -OCH3 is 1. The lowest BCUT2D eigenvalue weighted by Crippen LogP contribution is -2.45. The maximum absolute atomic E-state index is 14.7. The van der Waals surface area contributed by atoms with Gasteiger partial charge in [0.2, 0.25) is 5.91 Å². The van der Waals surface area contributed by atoms with Crippen LogP contribution in [0.3, 0.4) is 0 Å². The Kier molecular flexibility index (Phi) is 9.94. The minimum Gasteiger partial charge on any atom is -0.376 e. The van der Waals surface area contributed by atoms with E-state index in [0.29, 0.717) is 39.1 Å². The summed E-state index contributed by atoms with van der Waals surface area (Å²) in [7, 11) is 3.88. The second-order valence-electron chi connectivity index (χ2n) is 15.0. The molecule has 2 bridgehead atoms. The molecular formula is C39H46BrN7O4. The minimum absolute atomic E-state index is 0.00810. The van der Waals surface area contributed by atoms with Gasteiger partial charge in [0, 0.05) is 66.6 Å². The van der Waals surface area contributed by atoms with Crippen molar-refractivity contribution in [3.05, 3.63) is 70.1 Å². The Bertz CT molecular complexity index is 1980. The molecule has 1 saturated heterocycles. The molecule has 51 heavy (non-hydrogen) atoms. The summed E-state index contributed by atoms with van der Waals surface area (Å²) < 4.78 is 8.62. The van der Waals surface area contributed by atoms with Crippen LogP contribution in [0.5, 0.6) is 0 Å². The molecular weight excluding hydrogens is 710 g/mol. The summed E-state index contributed by atoms with van der Waals surface area (Å²) in [5.74, 6) is 0.441. The van der Waals surface area contributed by atoms with Gasteiger partial charge in [0.25, 0.3) is 0 Å². The van der Waals surface area contributed by atoms with Gasteiger partial charge in [-0.2, -0.15) is 5.10 Å². The van der Waals surface area contributed by atoms with Gasteiger partial charge < -0.3 is 14.5 Å². The van der Waals surface area contributed by atoms with Gasteiger partial charge >= 0.3 is 0 Å². The van der Waals surface area contributed by atoms with Crippen molar-refractivity contribution >= 4 is 44.3 Å². The summed E-state index contributed by atoms with van der Waals surface area (Å²) in [4.78, 5) is 59.5. The molecule has 3 aromatic heterocycles. The summed E-state index contributed by atoms with van der Waals surface area (Å²) in [6.45, 7) is 7.26. The first-order valence-electron chi connectivity index (χ1n) is 18.0. The Morgan fingerprint density at radius 3 is 2.59 bits per heavy atom. The van der Waals surface area contributed by atoms with Crippen LogP contribution in [0.15, 0.2) is 47.3 Å². The lowest BCUT2D eigenvalue weighted by molar-refractivity contribution is -0.139. The van der Waals surface area contributed by atoms with Gasteiger partial charge in [-0.25, -0.2) is 15.0 Å². The fourth-order valence-electron chi connectivity index (χ4n) is 8.65. The molecule has 0 radical (unpaired) electrons. The number of rotatable bonds is 6. The number of ketones is 2.